The molecule has 0 fully saturated rings. The lowest BCUT2D eigenvalue weighted by Gasteiger charge is -2.42. The molecule has 0 spiro atoms. The number of halogens is 1. The molecule has 0 aromatic heterocycles. The van der Waals surface area contributed by atoms with Crippen LogP contribution in [0.1, 0.15) is 25.0 Å². The Balaban J connectivity index is 0.00000320. The largest absolute Gasteiger partial charge is 0.493 e. The number of rotatable bonds is 6. The number of nitrogens with one attached hydrogen (secondary N) is 2. The average Bonchev–Trinajstić information content (AvgIpc) is 2.76. The molecular weight excluding hydrogens is 491 g/mol. The van der Waals surface area contributed by atoms with Gasteiger partial charge in [-0.25, -0.2) is 0 Å². The van der Waals surface area contributed by atoms with E-state index in [4.69, 9.17) is 9.47 Å². The predicted octanol–water partition coefficient (Wildman–Crippen LogP) is 4.15. The van der Waals surface area contributed by atoms with Crippen molar-refractivity contribution < 1.29 is 9.47 Å². The molecule has 3 rings (SSSR count). The summed E-state index contributed by atoms with van der Waals surface area (Å²) in [5.41, 5.74) is 3.78. The fraction of sp³-hybridized carbons (Fsp3) is 0.435. The molecule has 0 saturated heterocycles. The maximum absolute atomic E-state index is 5.38. The second-order valence-electron chi connectivity index (χ2n) is 7.87. The third-order valence-electron chi connectivity index (χ3n) is 5.55. The van der Waals surface area contributed by atoms with E-state index in [0.29, 0.717) is 11.5 Å². The van der Waals surface area contributed by atoms with Crippen LogP contribution in [0.25, 0.3) is 0 Å². The topological polar surface area (TPSA) is 58.1 Å². The smallest absolute Gasteiger partial charge is 0.195 e. The number of anilines is 1. The molecule has 2 aromatic carbocycles. The summed E-state index contributed by atoms with van der Waals surface area (Å²) in [5, 5.41) is 6.80. The quantitative estimate of drug-likeness (QED) is 0.338. The van der Waals surface area contributed by atoms with Crippen LogP contribution in [0.4, 0.5) is 5.69 Å². The van der Waals surface area contributed by atoms with Gasteiger partial charge in [0, 0.05) is 44.0 Å². The lowest BCUT2D eigenvalue weighted by Crippen LogP contribution is -2.53. The molecule has 2 aromatic rings. The van der Waals surface area contributed by atoms with Crippen molar-refractivity contribution in [3.05, 3.63) is 53.6 Å². The second-order valence-corrected chi connectivity index (χ2v) is 7.87. The van der Waals surface area contributed by atoms with Crippen LogP contribution in [0.2, 0.25) is 0 Å². The van der Waals surface area contributed by atoms with Gasteiger partial charge in [0.25, 0.3) is 0 Å². The molecule has 6 nitrogen and oxygen atoms in total. The van der Waals surface area contributed by atoms with Crippen LogP contribution in [0.15, 0.2) is 47.5 Å². The van der Waals surface area contributed by atoms with Gasteiger partial charge in [-0.15, -0.1) is 24.0 Å². The zero-order chi connectivity index (χ0) is 20.9. The average molecular weight is 524 g/mol. The van der Waals surface area contributed by atoms with Gasteiger partial charge < -0.3 is 20.1 Å². The summed E-state index contributed by atoms with van der Waals surface area (Å²) < 4.78 is 10.7. The van der Waals surface area contributed by atoms with E-state index in [1.165, 1.54) is 11.1 Å². The molecule has 0 saturated carbocycles. The Morgan fingerprint density at radius 1 is 1.07 bits per heavy atom. The van der Waals surface area contributed by atoms with Gasteiger partial charge in [0.1, 0.15) is 0 Å². The molecule has 164 valence electrons. The van der Waals surface area contributed by atoms with Crippen LogP contribution < -0.4 is 20.1 Å². The minimum absolute atomic E-state index is 0. The zero-order valence-corrected chi connectivity index (χ0v) is 20.8. The monoisotopic (exact) mass is 524 g/mol. The summed E-state index contributed by atoms with van der Waals surface area (Å²) in [6, 6.07) is 14.5. The Hall–Kier alpha value is -2.00. The van der Waals surface area contributed by atoms with Crippen LogP contribution in [-0.2, 0) is 13.0 Å². The molecule has 0 radical (unpaired) electrons. The van der Waals surface area contributed by atoms with Crippen molar-refractivity contribution in [2.75, 3.05) is 39.7 Å². The molecule has 0 bridgehead atoms. The molecular formula is C23H33IN4O2. The van der Waals surface area contributed by atoms with Crippen molar-refractivity contribution in [1.29, 1.82) is 0 Å². The minimum Gasteiger partial charge on any atom is -0.493 e. The second kappa shape index (κ2) is 10.9. The molecule has 0 atom stereocenters. The van der Waals surface area contributed by atoms with E-state index in [-0.39, 0.29) is 29.5 Å². The minimum atomic E-state index is -0.0112. The van der Waals surface area contributed by atoms with Crippen LogP contribution in [0.3, 0.4) is 0 Å². The van der Waals surface area contributed by atoms with Crippen LogP contribution in [-0.4, -0.2) is 50.8 Å². The van der Waals surface area contributed by atoms with Gasteiger partial charge in [0.05, 0.1) is 14.2 Å². The number of guanidine groups is 1. The van der Waals surface area contributed by atoms with Gasteiger partial charge >= 0.3 is 0 Å². The molecule has 1 heterocycles. The van der Waals surface area contributed by atoms with E-state index in [0.717, 1.165) is 37.7 Å². The molecule has 1 aliphatic rings. The molecule has 0 aliphatic carbocycles. The fourth-order valence-corrected chi connectivity index (χ4v) is 3.65. The Bertz CT molecular complexity index is 870. The number of fused-ring (bicyclic) bond motifs is 1. The number of benzene rings is 2. The number of nitrogens with zero attached hydrogens (tertiary/aromatic N) is 2. The van der Waals surface area contributed by atoms with E-state index < -0.39 is 0 Å². The fourth-order valence-electron chi connectivity index (χ4n) is 3.65. The first-order valence-electron chi connectivity index (χ1n) is 9.98. The Kier molecular flexibility index (Phi) is 8.78. The first-order valence-corrected chi connectivity index (χ1v) is 9.98. The van der Waals surface area contributed by atoms with E-state index >= 15 is 0 Å². The Morgan fingerprint density at radius 2 is 1.77 bits per heavy atom. The molecule has 1 aliphatic heterocycles. The van der Waals surface area contributed by atoms with Crippen molar-refractivity contribution in [1.82, 2.24) is 10.2 Å². The Labute approximate surface area is 197 Å². The van der Waals surface area contributed by atoms with Crippen LogP contribution in [0, 0.1) is 0 Å². The van der Waals surface area contributed by atoms with Gasteiger partial charge in [0.2, 0.25) is 0 Å². The van der Waals surface area contributed by atoms with Gasteiger partial charge in [-0.1, -0.05) is 24.3 Å². The standard InChI is InChI=1S/C23H32N4O2.HI/c1-23(2,27-13-12-17-8-6-7-9-18(17)15-27)16-25-22(24-3)26-19-10-11-20(28-4)21(14-19)29-5;/h6-11,14H,12-13,15-16H2,1-5H3,(H2,24,25,26);1H. The van der Waals surface area contributed by atoms with Crippen molar-refractivity contribution in [3.63, 3.8) is 0 Å². The van der Waals surface area contributed by atoms with Crippen molar-refractivity contribution in [2.45, 2.75) is 32.4 Å². The third kappa shape index (κ3) is 5.78. The lowest BCUT2D eigenvalue weighted by molar-refractivity contribution is 0.107. The number of aliphatic imine (C=N–C) groups is 1. The maximum atomic E-state index is 5.38. The molecule has 30 heavy (non-hydrogen) atoms. The summed E-state index contributed by atoms with van der Waals surface area (Å²) in [5.74, 6) is 2.11. The SMILES string of the molecule is CN=C(NCC(C)(C)N1CCc2ccccc2C1)Nc1ccc(OC)c(OC)c1.I. The number of hydrogen-bond acceptors (Lipinski definition) is 4. The summed E-state index contributed by atoms with van der Waals surface area (Å²) in [7, 11) is 5.04. The summed E-state index contributed by atoms with van der Waals surface area (Å²) in [4.78, 5) is 6.90. The molecule has 0 amide bonds. The highest BCUT2D eigenvalue weighted by molar-refractivity contribution is 14.0. The molecule has 7 heteroatoms. The van der Waals surface area contributed by atoms with E-state index in [1.54, 1.807) is 21.3 Å². The van der Waals surface area contributed by atoms with Gasteiger partial charge in [-0.3, -0.25) is 9.89 Å². The number of ether oxygens (including phenoxy) is 2. The highest BCUT2D eigenvalue weighted by Gasteiger charge is 2.29. The third-order valence-corrected chi connectivity index (χ3v) is 5.55. The predicted molar refractivity (Wildman–Crippen MR) is 135 cm³/mol. The number of hydrogen-bond donors (Lipinski definition) is 2. The van der Waals surface area contributed by atoms with Crippen LogP contribution >= 0.6 is 24.0 Å². The van der Waals surface area contributed by atoms with Crippen molar-refractivity contribution >= 4 is 35.6 Å². The molecule has 2 N–H and O–H groups in total. The zero-order valence-electron chi connectivity index (χ0n) is 18.5. The van der Waals surface area contributed by atoms with Crippen molar-refractivity contribution in [3.8, 4) is 11.5 Å². The summed E-state index contributed by atoms with van der Waals surface area (Å²) in [6.07, 6.45) is 1.10. The van der Waals surface area contributed by atoms with Gasteiger partial charge in [-0.2, -0.15) is 0 Å². The van der Waals surface area contributed by atoms with Gasteiger partial charge in [-0.05, 0) is 43.5 Å². The first kappa shape index (κ1) is 24.3. The number of methoxy groups -OCH3 is 2. The summed E-state index contributed by atoms with van der Waals surface area (Å²) in [6.45, 7) is 7.37. The normalized spacial score (nSPS) is 14.4. The van der Waals surface area contributed by atoms with Gasteiger partial charge in [0.15, 0.2) is 17.5 Å². The highest BCUT2D eigenvalue weighted by Crippen LogP contribution is 2.30. The lowest BCUT2D eigenvalue weighted by atomic mass is 9.94. The maximum Gasteiger partial charge on any atom is 0.195 e. The van der Waals surface area contributed by atoms with Crippen LogP contribution in [0.5, 0.6) is 11.5 Å². The molecule has 0 unspecified atom stereocenters. The van der Waals surface area contributed by atoms with E-state index in [1.807, 2.05) is 18.2 Å². The van der Waals surface area contributed by atoms with E-state index in [2.05, 4.69) is 58.6 Å². The first-order chi connectivity index (χ1) is 14.0. The van der Waals surface area contributed by atoms with Crippen molar-refractivity contribution in [2.24, 2.45) is 4.99 Å². The summed E-state index contributed by atoms with van der Waals surface area (Å²) >= 11 is 0. The highest BCUT2D eigenvalue weighted by atomic mass is 127. The Morgan fingerprint density at radius 3 is 2.43 bits per heavy atom. The van der Waals surface area contributed by atoms with E-state index in [9.17, 15) is 0 Å².